The van der Waals surface area contributed by atoms with Crippen molar-refractivity contribution in [2.45, 2.75) is 102 Å². The predicted molar refractivity (Wildman–Crippen MR) is 127 cm³/mol. The molecule has 5 rings (SSSR count). The molecule has 206 valence electrons. The fourth-order valence-corrected chi connectivity index (χ4v) is 8.50. The molecule has 1 heterocycles. The standard InChI is InChI=1S/C27H38O10/c1-25-8-5-14(28)11-13(25)3-4-15-16(25)6-9-26(2)17(15)7-10-27(26,35)18(29)12-36-24-21(32)19(30)20(31)22(37-24)23(33)34/h11,15-17,19-22,24,30-32,35H,3-10,12H2,1-2H3,(H,33,34)/t15-,16+,17+,19-,20-,21+,22+,24+,25+,26-,27+/m1/s1. The molecule has 0 unspecified atom stereocenters. The number of aliphatic carboxylic acids is 1. The Morgan fingerprint density at radius 1 is 1.00 bits per heavy atom. The topological polar surface area (TPSA) is 171 Å². The van der Waals surface area contributed by atoms with E-state index in [0.717, 1.165) is 25.7 Å². The molecule has 0 aromatic carbocycles. The molecule has 5 aliphatic rings. The minimum Gasteiger partial charge on any atom is -0.479 e. The van der Waals surface area contributed by atoms with Crippen LogP contribution in [0.15, 0.2) is 11.6 Å². The fourth-order valence-electron chi connectivity index (χ4n) is 8.50. The van der Waals surface area contributed by atoms with Crippen molar-refractivity contribution in [3.05, 3.63) is 11.6 Å². The monoisotopic (exact) mass is 522 g/mol. The Labute approximate surface area is 215 Å². The first-order chi connectivity index (χ1) is 17.3. The number of aliphatic hydroxyl groups is 4. The summed E-state index contributed by atoms with van der Waals surface area (Å²) in [5, 5.41) is 51.1. The summed E-state index contributed by atoms with van der Waals surface area (Å²) >= 11 is 0. The molecule has 3 saturated carbocycles. The lowest BCUT2D eigenvalue weighted by Gasteiger charge is -2.58. The maximum atomic E-state index is 13.4. The van der Waals surface area contributed by atoms with E-state index in [1.165, 1.54) is 5.57 Å². The molecule has 0 radical (unpaired) electrons. The number of hydrogen-bond acceptors (Lipinski definition) is 9. The van der Waals surface area contributed by atoms with Crippen molar-refractivity contribution in [2.75, 3.05) is 6.61 Å². The van der Waals surface area contributed by atoms with Crippen molar-refractivity contribution in [1.82, 2.24) is 0 Å². The number of Topliss-reactive ketones (excluding diaryl/α,β-unsaturated/α-hetero) is 1. The van der Waals surface area contributed by atoms with Crippen LogP contribution >= 0.6 is 0 Å². The van der Waals surface area contributed by atoms with Crippen molar-refractivity contribution in [1.29, 1.82) is 0 Å². The van der Waals surface area contributed by atoms with Crippen molar-refractivity contribution < 1.29 is 49.4 Å². The average Bonchev–Trinajstić information content (AvgIpc) is 3.14. The first kappa shape index (κ1) is 26.9. The van der Waals surface area contributed by atoms with Crippen LogP contribution in [-0.4, -0.2) is 86.0 Å². The number of allylic oxidation sites excluding steroid dienone is 1. The summed E-state index contributed by atoms with van der Waals surface area (Å²) < 4.78 is 10.5. The SMILES string of the molecule is C[C@]12CCC(=O)C=C1CC[C@@H]1[C@@H]2CC[C@]2(C)[C@H]1CC[C@]2(O)C(=O)CO[C@H]1O[C@H](C(=O)O)[C@H](O)[C@@H](O)[C@@H]1O. The van der Waals surface area contributed by atoms with E-state index in [-0.39, 0.29) is 23.5 Å². The summed E-state index contributed by atoms with van der Waals surface area (Å²) in [7, 11) is 0. The summed E-state index contributed by atoms with van der Waals surface area (Å²) in [5.41, 5.74) is -1.08. The number of carbonyl (C=O) groups is 3. The smallest absolute Gasteiger partial charge is 0.335 e. The van der Waals surface area contributed by atoms with E-state index in [1.54, 1.807) is 0 Å². The van der Waals surface area contributed by atoms with Crippen LogP contribution in [0.25, 0.3) is 0 Å². The molecule has 0 spiro atoms. The third-order valence-corrected chi connectivity index (χ3v) is 10.8. The quantitative estimate of drug-likeness (QED) is 0.347. The first-order valence-corrected chi connectivity index (χ1v) is 13.4. The van der Waals surface area contributed by atoms with Crippen LogP contribution in [0.2, 0.25) is 0 Å². The predicted octanol–water partition coefficient (Wildman–Crippen LogP) is 0.727. The van der Waals surface area contributed by atoms with Crippen molar-refractivity contribution >= 4 is 17.5 Å². The maximum Gasteiger partial charge on any atom is 0.335 e. The Morgan fingerprint density at radius 2 is 1.70 bits per heavy atom. The lowest BCUT2D eigenvalue weighted by Crippen LogP contribution is -2.61. The molecule has 0 aromatic rings. The normalized spacial score (nSPS) is 49.5. The molecular weight excluding hydrogens is 484 g/mol. The largest absolute Gasteiger partial charge is 0.479 e. The van der Waals surface area contributed by atoms with Gasteiger partial charge in [-0.1, -0.05) is 19.4 Å². The van der Waals surface area contributed by atoms with Gasteiger partial charge in [0.1, 0.15) is 30.5 Å². The molecule has 10 heteroatoms. The highest BCUT2D eigenvalue weighted by atomic mass is 16.7. The third kappa shape index (κ3) is 3.94. The van der Waals surface area contributed by atoms with E-state index in [2.05, 4.69) is 6.92 Å². The third-order valence-electron chi connectivity index (χ3n) is 10.8. The second kappa shape index (κ2) is 9.20. The summed E-state index contributed by atoms with van der Waals surface area (Å²) in [6.45, 7) is 3.62. The molecule has 1 aliphatic heterocycles. The second-order valence-corrected chi connectivity index (χ2v) is 12.3. The first-order valence-electron chi connectivity index (χ1n) is 13.4. The molecule has 10 nitrogen and oxygen atoms in total. The number of carbonyl (C=O) groups excluding carboxylic acids is 2. The van der Waals surface area contributed by atoms with Crippen LogP contribution in [0.4, 0.5) is 0 Å². The maximum absolute atomic E-state index is 13.4. The van der Waals surface area contributed by atoms with Gasteiger partial charge in [0.15, 0.2) is 24.0 Å². The lowest BCUT2D eigenvalue weighted by molar-refractivity contribution is -0.293. The lowest BCUT2D eigenvalue weighted by atomic mass is 9.46. The van der Waals surface area contributed by atoms with E-state index in [1.807, 2.05) is 13.0 Å². The fraction of sp³-hybridized carbons (Fsp3) is 0.815. The minimum absolute atomic E-state index is 0.0213. The Bertz CT molecular complexity index is 1010. The zero-order valence-electron chi connectivity index (χ0n) is 21.3. The van der Waals surface area contributed by atoms with Crippen LogP contribution in [0.1, 0.15) is 65.2 Å². The Balaban J connectivity index is 1.30. The van der Waals surface area contributed by atoms with Gasteiger partial charge in [0.2, 0.25) is 0 Å². The van der Waals surface area contributed by atoms with E-state index in [9.17, 15) is 39.9 Å². The summed E-state index contributed by atoms with van der Waals surface area (Å²) in [5.74, 6) is -1.02. The zero-order chi connectivity index (χ0) is 26.9. The Morgan fingerprint density at radius 3 is 2.41 bits per heavy atom. The van der Waals surface area contributed by atoms with Gasteiger partial charge in [-0.2, -0.15) is 0 Å². The number of rotatable bonds is 5. The molecule has 4 aliphatic carbocycles. The highest BCUT2D eigenvalue weighted by Crippen LogP contribution is 2.67. The number of carboxylic acid groups (broad SMARTS) is 1. The van der Waals surface area contributed by atoms with Gasteiger partial charge >= 0.3 is 5.97 Å². The van der Waals surface area contributed by atoms with Gasteiger partial charge in [-0.05, 0) is 74.2 Å². The van der Waals surface area contributed by atoms with Gasteiger partial charge in [0.05, 0.1) is 0 Å². The second-order valence-electron chi connectivity index (χ2n) is 12.3. The molecular formula is C27H38O10. The van der Waals surface area contributed by atoms with Crippen molar-refractivity contribution in [3.8, 4) is 0 Å². The molecule has 0 aromatic heterocycles. The Hall–Kier alpha value is -1.69. The van der Waals surface area contributed by atoms with Crippen LogP contribution < -0.4 is 0 Å². The summed E-state index contributed by atoms with van der Waals surface area (Å²) in [4.78, 5) is 36.8. The van der Waals surface area contributed by atoms with Crippen LogP contribution in [-0.2, 0) is 23.9 Å². The van der Waals surface area contributed by atoms with E-state index in [4.69, 9.17) is 9.47 Å². The number of carboxylic acids is 1. The van der Waals surface area contributed by atoms with Crippen LogP contribution in [0.5, 0.6) is 0 Å². The number of aliphatic hydroxyl groups excluding tert-OH is 3. The number of ketones is 2. The van der Waals surface area contributed by atoms with Gasteiger partial charge in [0, 0.05) is 11.8 Å². The van der Waals surface area contributed by atoms with Gasteiger partial charge in [0.25, 0.3) is 0 Å². The van der Waals surface area contributed by atoms with Gasteiger partial charge in [-0.15, -0.1) is 0 Å². The molecule has 4 fully saturated rings. The van der Waals surface area contributed by atoms with E-state index >= 15 is 0 Å². The number of ether oxygens (including phenoxy) is 2. The number of hydrogen-bond donors (Lipinski definition) is 5. The van der Waals surface area contributed by atoms with Crippen LogP contribution in [0.3, 0.4) is 0 Å². The molecule has 1 saturated heterocycles. The summed E-state index contributed by atoms with van der Waals surface area (Å²) in [6, 6.07) is 0. The molecule has 0 amide bonds. The molecule has 11 atom stereocenters. The molecule has 5 N–H and O–H groups in total. The Kier molecular flexibility index (Phi) is 6.69. The zero-order valence-corrected chi connectivity index (χ0v) is 21.3. The molecule has 37 heavy (non-hydrogen) atoms. The average molecular weight is 523 g/mol. The highest BCUT2D eigenvalue weighted by molar-refractivity contribution is 5.92. The van der Waals surface area contributed by atoms with Gasteiger partial charge in [-0.25, -0.2) is 4.79 Å². The van der Waals surface area contributed by atoms with Gasteiger partial charge < -0.3 is 35.0 Å². The van der Waals surface area contributed by atoms with E-state index < -0.39 is 60.1 Å². The van der Waals surface area contributed by atoms with Crippen LogP contribution in [0, 0.1) is 28.6 Å². The minimum atomic E-state index is -1.85. The number of fused-ring (bicyclic) bond motifs is 5. The van der Waals surface area contributed by atoms with Gasteiger partial charge in [-0.3, -0.25) is 9.59 Å². The molecule has 0 bridgehead atoms. The van der Waals surface area contributed by atoms with Crippen molar-refractivity contribution in [2.24, 2.45) is 28.6 Å². The highest BCUT2D eigenvalue weighted by Gasteiger charge is 2.66. The van der Waals surface area contributed by atoms with E-state index in [0.29, 0.717) is 31.1 Å². The van der Waals surface area contributed by atoms with Crippen molar-refractivity contribution in [3.63, 3.8) is 0 Å². The summed E-state index contributed by atoms with van der Waals surface area (Å²) in [6.07, 6.45) is -1.37.